The van der Waals surface area contributed by atoms with Crippen molar-refractivity contribution in [1.82, 2.24) is 0 Å². The van der Waals surface area contributed by atoms with E-state index in [1.54, 1.807) is 0 Å². The van der Waals surface area contributed by atoms with Gasteiger partial charge in [-0.1, -0.05) is 31.5 Å². The molecule has 4 unspecified atom stereocenters. The van der Waals surface area contributed by atoms with Crippen molar-refractivity contribution in [3.05, 3.63) is 34.4 Å². The molecule has 2 N–H and O–H groups in total. The van der Waals surface area contributed by atoms with Crippen LogP contribution in [0.3, 0.4) is 0 Å². The zero-order chi connectivity index (χ0) is 15.6. The van der Waals surface area contributed by atoms with Crippen LogP contribution < -0.4 is 5.73 Å². The SMILES string of the molecule is Cc1cc(C)c(C(N)COC2CCC(C)C(C)C2)c(C)c1. The molecule has 1 saturated carbocycles. The van der Waals surface area contributed by atoms with Gasteiger partial charge in [-0.3, -0.25) is 0 Å². The molecule has 2 nitrogen and oxygen atoms in total. The predicted octanol–water partition coefficient (Wildman–Crippen LogP) is 4.45. The fourth-order valence-corrected chi connectivity index (χ4v) is 3.75. The van der Waals surface area contributed by atoms with Crippen molar-refractivity contribution < 1.29 is 4.74 Å². The maximum Gasteiger partial charge on any atom is 0.0663 e. The molecule has 1 aliphatic carbocycles. The van der Waals surface area contributed by atoms with Crippen LogP contribution >= 0.6 is 0 Å². The Morgan fingerprint density at radius 2 is 1.71 bits per heavy atom. The number of ether oxygens (including phenoxy) is 1. The number of hydrogen-bond donors (Lipinski definition) is 1. The second-order valence-corrected chi connectivity index (χ2v) is 7.14. The summed E-state index contributed by atoms with van der Waals surface area (Å²) in [7, 11) is 0. The smallest absolute Gasteiger partial charge is 0.0663 e. The van der Waals surface area contributed by atoms with Crippen molar-refractivity contribution in [3.8, 4) is 0 Å². The number of hydrogen-bond acceptors (Lipinski definition) is 2. The molecule has 0 radical (unpaired) electrons. The first kappa shape index (κ1) is 16.5. The van der Waals surface area contributed by atoms with Gasteiger partial charge < -0.3 is 10.5 Å². The van der Waals surface area contributed by atoms with E-state index in [0.29, 0.717) is 12.7 Å². The molecule has 0 aromatic heterocycles. The zero-order valence-corrected chi connectivity index (χ0v) is 14.3. The Balaban J connectivity index is 1.95. The molecular weight excluding hydrogens is 258 g/mol. The highest BCUT2D eigenvalue weighted by molar-refractivity contribution is 5.39. The number of nitrogens with two attached hydrogens (primary N) is 1. The van der Waals surface area contributed by atoms with E-state index in [0.717, 1.165) is 11.8 Å². The maximum atomic E-state index is 6.40. The summed E-state index contributed by atoms with van der Waals surface area (Å²) in [5, 5.41) is 0. The lowest BCUT2D eigenvalue weighted by molar-refractivity contribution is -0.00374. The van der Waals surface area contributed by atoms with Gasteiger partial charge in [0.25, 0.3) is 0 Å². The average Bonchev–Trinajstić information content (AvgIpc) is 2.39. The van der Waals surface area contributed by atoms with Gasteiger partial charge in [0.2, 0.25) is 0 Å². The van der Waals surface area contributed by atoms with E-state index in [-0.39, 0.29) is 6.04 Å². The second kappa shape index (κ2) is 6.93. The third kappa shape index (κ3) is 4.08. The average molecular weight is 289 g/mol. The molecule has 0 saturated heterocycles. The third-order valence-electron chi connectivity index (χ3n) is 5.17. The third-order valence-corrected chi connectivity index (χ3v) is 5.17. The van der Waals surface area contributed by atoms with Gasteiger partial charge in [-0.25, -0.2) is 0 Å². The van der Waals surface area contributed by atoms with Crippen LogP contribution in [0.25, 0.3) is 0 Å². The monoisotopic (exact) mass is 289 g/mol. The molecule has 21 heavy (non-hydrogen) atoms. The Labute approximate surface area is 130 Å². The summed E-state index contributed by atoms with van der Waals surface area (Å²) in [5.74, 6) is 1.60. The van der Waals surface area contributed by atoms with Crippen molar-refractivity contribution in [3.63, 3.8) is 0 Å². The molecule has 1 aliphatic rings. The van der Waals surface area contributed by atoms with Gasteiger partial charge in [-0.2, -0.15) is 0 Å². The summed E-state index contributed by atoms with van der Waals surface area (Å²) in [6, 6.07) is 4.42. The predicted molar refractivity (Wildman–Crippen MR) is 89.5 cm³/mol. The first-order valence-corrected chi connectivity index (χ1v) is 8.33. The van der Waals surface area contributed by atoms with E-state index in [1.807, 2.05) is 0 Å². The molecule has 0 heterocycles. The van der Waals surface area contributed by atoms with E-state index in [2.05, 4.69) is 46.8 Å². The molecule has 0 amide bonds. The van der Waals surface area contributed by atoms with E-state index < -0.39 is 0 Å². The lowest BCUT2D eigenvalue weighted by Crippen LogP contribution is -2.29. The fraction of sp³-hybridized carbons (Fsp3) is 0.684. The Hall–Kier alpha value is -0.860. The molecule has 1 aromatic rings. The Morgan fingerprint density at radius 3 is 2.29 bits per heavy atom. The number of benzene rings is 1. The normalized spacial score (nSPS) is 27.6. The van der Waals surface area contributed by atoms with Gasteiger partial charge in [0.05, 0.1) is 18.8 Å². The van der Waals surface area contributed by atoms with Crippen molar-refractivity contribution in [1.29, 1.82) is 0 Å². The summed E-state index contributed by atoms with van der Waals surface area (Å²) >= 11 is 0. The first-order chi connectivity index (χ1) is 9.88. The van der Waals surface area contributed by atoms with E-state index in [1.165, 1.54) is 41.5 Å². The summed E-state index contributed by atoms with van der Waals surface area (Å²) in [6.45, 7) is 11.8. The van der Waals surface area contributed by atoms with Crippen LogP contribution in [-0.2, 0) is 4.74 Å². The van der Waals surface area contributed by atoms with Gasteiger partial charge in [0.1, 0.15) is 0 Å². The van der Waals surface area contributed by atoms with Crippen molar-refractivity contribution >= 4 is 0 Å². The van der Waals surface area contributed by atoms with Crippen LogP contribution in [0.5, 0.6) is 0 Å². The van der Waals surface area contributed by atoms with Gasteiger partial charge >= 0.3 is 0 Å². The van der Waals surface area contributed by atoms with Crippen LogP contribution in [0.15, 0.2) is 12.1 Å². The quantitative estimate of drug-likeness (QED) is 0.888. The lowest BCUT2D eigenvalue weighted by Gasteiger charge is -2.32. The Kier molecular flexibility index (Phi) is 5.45. The highest BCUT2D eigenvalue weighted by Gasteiger charge is 2.25. The molecule has 118 valence electrons. The minimum absolute atomic E-state index is 0.0137. The van der Waals surface area contributed by atoms with E-state index in [9.17, 15) is 0 Å². The molecule has 0 aliphatic heterocycles. The van der Waals surface area contributed by atoms with Crippen molar-refractivity contribution in [2.75, 3.05) is 6.61 Å². The highest BCUT2D eigenvalue weighted by Crippen LogP contribution is 2.31. The van der Waals surface area contributed by atoms with Gasteiger partial charge in [0.15, 0.2) is 0 Å². The van der Waals surface area contributed by atoms with E-state index in [4.69, 9.17) is 10.5 Å². The number of aryl methyl sites for hydroxylation is 3. The molecule has 4 atom stereocenters. The molecular formula is C19H31NO. The molecule has 1 fully saturated rings. The topological polar surface area (TPSA) is 35.2 Å². The first-order valence-electron chi connectivity index (χ1n) is 8.33. The van der Waals surface area contributed by atoms with Crippen LogP contribution in [-0.4, -0.2) is 12.7 Å². The maximum absolute atomic E-state index is 6.40. The lowest BCUT2D eigenvalue weighted by atomic mass is 9.80. The summed E-state index contributed by atoms with van der Waals surface area (Å²) < 4.78 is 6.13. The number of rotatable bonds is 4. The van der Waals surface area contributed by atoms with Gasteiger partial charge in [-0.15, -0.1) is 0 Å². The minimum Gasteiger partial charge on any atom is -0.376 e. The van der Waals surface area contributed by atoms with Gasteiger partial charge in [-0.05, 0) is 68.6 Å². The summed E-state index contributed by atoms with van der Waals surface area (Å²) in [5.41, 5.74) is 11.5. The Morgan fingerprint density at radius 1 is 1.10 bits per heavy atom. The second-order valence-electron chi connectivity index (χ2n) is 7.14. The fourth-order valence-electron chi connectivity index (χ4n) is 3.75. The zero-order valence-electron chi connectivity index (χ0n) is 14.3. The standard InChI is InChI=1S/C19H31NO/c1-12-8-15(4)19(16(5)9-12)18(20)11-21-17-7-6-13(2)14(3)10-17/h8-9,13-14,17-18H,6-7,10-11,20H2,1-5H3. The summed E-state index contributed by atoms with van der Waals surface area (Å²) in [6.07, 6.45) is 4.04. The molecule has 0 bridgehead atoms. The Bertz CT molecular complexity index is 459. The van der Waals surface area contributed by atoms with Crippen LogP contribution in [0.1, 0.15) is 61.4 Å². The van der Waals surface area contributed by atoms with Crippen molar-refractivity contribution in [2.24, 2.45) is 17.6 Å². The molecule has 0 spiro atoms. The van der Waals surface area contributed by atoms with Crippen LogP contribution in [0, 0.1) is 32.6 Å². The largest absolute Gasteiger partial charge is 0.376 e. The van der Waals surface area contributed by atoms with Gasteiger partial charge in [0, 0.05) is 0 Å². The highest BCUT2D eigenvalue weighted by atomic mass is 16.5. The molecule has 2 rings (SSSR count). The van der Waals surface area contributed by atoms with Crippen LogP contribution in [0.2, 0.25) is 0 Å². The van der Waals surface area contributed by atoms with Crippen LogP contribution in [0.4, 0.5) is 0 Å². The molecule has 1 aromatic carbocycles. The summed E-state index contributed by atoms with van der Waals surface area (Å²) in [4.78, 5) is 0. The van der Waals surface area contributed by atoms with Crippen molar-refractivity contribution in [2.45, 2.75) is 66.0 Å². The minimum atomic E-state index is -0.0137. The van der Waals surface area contributed by atoms with E-state index >= 15 is 0 Å². The molecule has 2 heteroatoms.